The van der Waals surface area contributed by atoms with Crippen LogP contribution in [0.3, 0.4) is 0 Å². The van der Waals surface area contributed by atoms with E-state index in [1.54, 1.807) is 4.72 Å². The van der Waals surface area contributed by atoms with Crippen molar-refractivity contribution in [3.63, 3.8) is 0 Å². The maximum atomic E-state index is 13.0. The van der Waals surface area contributed by atoms with Crippen molar-refractivity contribution in [3.05, 3.63) is 52.4 Å². The van der Waals surface area contributed by atoms with Gasteiger partial charge in [-0.25, -0.2) is 17.9 Å². The van der Waals surface area contributed by atoms with Gasteiger partial charge in [0.25, 0.3) is 27.5 Å². The lowest BCUT2D eigenvalue weighted by atomic mass is 9.95. The average Bonchev–Trinajstić information content (AvgIpc) is 3.13. The molecule has 186 valence electrons. The summed E-state index contributed by atoms with van der Waals surface area (Å²) >= 11 is 0. The maximum Gasteiger partial charge on any atom is 0.333 e. The van der Waals surface area contributed by atoms with E-state index < -0.39 is 62.1 Å². The Kier molecular flexibility index (Phi) is 6.37. The number of hydrogen-bond donors (Lipinski definition) is 2. The monoisotopic (exact) mass is 516 g/mol. The highest BCUT2D eigenvalue weighted by Gasteiger charge is 2.43. The molecule has 3 amide bonds. The highest BCUT2D eigenvalue weighted by molar-refractivity contribution is 7.90. The largest absolute Gasteiger partial charge is 0.502 e. The van der Waals surface area contributed by atoms with E-state index in [2.05, 4.69) is 4.84 Å². The average molecular weight is 516 g/mol. The molecule has 1 fully saturated rings. The Morgan fingerprint density at radius 2 is 1.69 bits per heavy atom. The second kappa shape index (κ2) is 9.30. The zero-order chi connectivity index (χ0) is 26.2. The van der Waals surface area contributed by atoms with Crippen LogP contribution in [-0.4, -0.2) is 48.1 Å². The van der Waals surface area contributed by atoms with Crippen molar-refractivity contribution in [2.45, 2.75) is 37.0 Å². The first kappa shape index (κ1) is 24.7. The fourth-order valence-electron chi connectivity index (χ4n) is 3.78. The van der Waals surface area contributed by atoms with Crippen LogP contribution in [0.4, 0.5) is 11.4 Å². The normalized spacial score (nSPS) is 14.9. The Balaban J connectivity index is 1.45. The number of imide groups is 1. The molecule has 0 aliphatic carbocycles. The number of carbonyl (C=O) groups is 5. The smallest absolute Gasteiger partial charge is 0.333 e. The minimum absolute atomic E-state index is 0.0745. The summed E-state index contributed by atoms with van der Waals surface area (Å²) in [6.07, 6.45) is -1.13. The zero-order valence-electron chi connectivity index (χ0n) is 18.4. The molecule has 0 atom stereocenters. The number of nitrogens with zero attached hydrogens (tertiary/aromatic N) is 2. The van der Waals surface area contributed by atoms with E-state index in [1.807, 2.05) is 0 Å². The number of phenolic OH excluding ortho intramolecular Hbond substituents is 1. The van der Waals surface area contributed by atoms with E-state index in [0.29, 0.717) is 5.06 Å². The lowest BCUT2D eigenvalue weighted by Gasteiger charge is -2.15. The molecule has 0 bridgehead atoms. The summed E-state index contributed by atoms with van der Waals surface area (Å²) < 4.78 is 27.9. The first-order chi connectivity index (χ1) is 17.0. The minimum atomic E-state index is -4.62. The summed E-state index contributed by atoms with van der Waals surface area (Å²) in [6.45, 7) is 0. The summed E-state index contributed by atoms with van der Waals surface area (Å²) in [4.78, 5) is 76.9. The van der Waals surface area contributed by atoms with Crippen LogP contribution in [0, 0.1) is 4.91 Å². The fourth-order valence-corrected chi connectivity index (χ4v) is 5.01. The molecule has 0 spiro atoms. The van der Waals surface area contributed by atoms with E-state index in [4.69, 9.17) is 0 Å². The van der Waals surface area contributed by atoms with E-state index >= 15 is 0 Å². The number of ketones is 1. The molecule has 14 heteroatoms. The molecule has 36 heavy (non-hydrogen) atoms. The van der Waals surface area contributed by atoms with Gasteiger partial charge in [-0.15, -0.1) is 5.06 Å². The van der Waals surface area contributed by atoms with Gasteiger partial charge in [-0.05, 0) is 24.6 Å². The molecule has 2 aromatic rings. The molecule has 0 saturated carbocycles. The number of aromatic hydroxyl groups is 1. The molecule has 2 aromatic carbocycles. The third-order valence-corrected chi connectivity index (χ3v) is 6.85. The Morgan fingerprint density at radius 1 is 1.03 bits per heavy atom. The van der Waals surface area contributed by atoms with Crippen molar-refractivity contribution in [1.29, 1.82) is 0 Å². The van der Waals surface area contributed by atoms with E-state index in [-0.39, 0.29) is 47.4 Å². The number of amides is 3. The number of nitrogens with one attached hydrogen (secondary N) is 1. The molecule has 0 radical (unpaired) electrons. The molecular formula is C22H18N3O10S+. The second-order valence-corrected chi connectivity index (χ2v) is 9.53. The number of benzene rings is 2. The molecule has 2 aliphatic heterocycles. The third-order valence-electron chi connectivity index (χ3n) is 5.43. The van der Waals surface area contributed by atoms with Gasteiger partial charge in [0.15, 0.2) is 5.75 Å². The van der Waals surface area contributed by atoms with Gasteiger partial charge in [-0.1, -0.05) is 12.1 Å². The van der Waals surface area contributed by atoms with Gasteiger partial charge in [0.1, 0.15) is 16.0 Å². The first-order valence-corrected chi connectivity index (χ1v) is 12.1. The zero-order valence-corrected chi connectivity index (χ0v) is 19.2. The van der Waals surface area contributed by atoms with Crippen LogP contribution >= 0.6 is 0 Å². The number of phenols is 1. The summed E-state index contributed by atoms with van der Waals surface area (Å²) in [7, 11) is -4.62. The number of hydroxylamine groups is 2. The summed E-state index contributed by atoms with van der Waals surface area (Å²) in [5, 5.41) is 10.4. The SMILES string of the molecule is O=C(CCCC(=O)ON1C(=O)CCC1=O)NS(=O)(=O)c1cccc2c1C(=O)c1cccc(O)c1[N+]2=O. The van der Waals surface area contributed by atoms with Gasteiger partial charge in [-0.3, -0.25) is 19.2 Å². The van der Waals surface area contributed by atoms with Crippen LogP contribution in [0.5, 0.6) is 5.75 Å². The van der Waals surface area contributed by atoms with Crippen molar-refractivity contribution in [1.82, 2.24) is 14.5 Å². The van der Waals surface area contributed by atoms with Crippen molar-refractivity contribution in [2.24, 2.45) is 0 Å². The summed E-state index contributed by atoms with van der Waals surface area (Å²) in [5.41, 5.74) is -1.31. The van der Waals surface area contributed by atoms with Gasteiger partial charge in [0, 0.05) is 36.7 Å². The lowest BCUT2D eigenvalue weighted by Crippen LogP contribution is -2.33. The predicted octanol–water partition coefficient (Wildman–Crippen LogP) is 1.12. The topological polar surface area (TPSA) is 184 Å². The van der Waals surface area contributed by atoms with Gasteiger partial charge in [0.2, 0.25) is 11.7 Å². The second-order valence-electron chi connectivity index (χ2n) is 7.87. The molecular weight excluding hydrogens is 498 g/mol. The Labute approximate surface area is 203 Å². The Hall–Kier alpha value is -4.46. The van der Waals surface area contributed by atoms with Crippen LogP contribution < -0.4 is 9.48 Å². The lowest BCUT2D eigenvalue weighted by molar-refractivity contribution is -0.197. The Morgan fingerprint density at radius 3 is 2.39 bits per heavy atom. The van der Waals surface area contributed by atoms with Gasteiger partial charge in [0.05, 0.1) is 4.76 Å². The number of hydrogen-bond acceptors (Lipinski definition) is 10. The van der Waals surface area contributed by atoms with Gasteiger partial charge < -0.3 is 9.94 Å². The summed E-state index contributed by atoms with van der Waals surface area (Å²) in [6, 6.07) is 7.25. The molecule has 2 aliphatic rings. The van der Waals surface area contributed by atoms with E-state index in [9.17, 15) is 42.4 Å². The van der Waals surface area contributed by atoms with E-state index in [1.165, 1.54) is 30.3 Å². The highest BCUT2D eigenvalue weighted by atomic mass is 32.2. The highest BCUT2D eigenvalue weighted by Crippen LogP contribution is 2.42. The Bertz CT molecular complexity index is 1450. The quantitative estimate of drug-likeness (QED) is 0.341. The number of fused-ring (bicyclic) bond motifs is 2. The third kappa shape index (κ3) is 4.45. The molecule has 4 rings (SSSR count). The van der Waals surface area contributed by atoms with Crippen LogP contribution in [0.15, 0.2) is 41.3 Å². The number of rotatable bonds is 7. The number of sulfonamides is 1. The molecule has 0 aromatic heterocycles. The fraction of sp³-hybridized carbons (Fsp3) is 0.227. The molecule has 0 unspecified atom stereocenters. The van der Waals surface area contributed by atoms with Gasteiger partial charge in [-0.2, -0.15) is 0 Å². The molecule has 2 N–H and O–H groups in total. The van der Waals surface area contributed by atoms with Gasteiger partial charge >= 0.3 is 11.7 Å². The van der Waals surface area contributed by atoms with Crippen LogP contribution in [0.2, 0.25) is 0 Å². The standard InChI is InChI=1S/C22H17N3O10S/c26-14-6-1-4-12-21(14)24(32)13-5-2-7-15(20(13)22(12)31)36(33,34)23-16(27)8-3-9-19(30)35-25-17(28)10-11-18(25)29/h1-2,4-7H,3,8-11H2,(H-,23,26,27,32)/p+1. The predicted molar refractivity (Wildman–Crippen MR) is 119 cm³/mol. The molecule has 1 saturated heterocycles. The van der Waals surface area contributed by atoms with Crippen LogP contribution in [-0.2, 0) is 34.0 Å². The molecule has 13 nitrogen and oxygen atoms in total. The molecule has 2 heterocycles. The summed E-state index contributed by atoms with van der Waals surface area (Å²) in [5.74, 6) is -4.56. The van der Waals surface area contributed by atoms with E-state index in [0.717, 1.165) is 6.07 Å². The number of para-hydroxylation sites is 1. The first-order valence-electron chi connectivity index (χ1n) is 10.6. The van der Waals surface area contributed by atoms with Crippen molar-refractivity contribution < 1.29 is 42.3 Å². The van der Waals surface area contributed by atoms with Crippen molar-refractivity contribution >= 4 is 50.9 Å². The van der Waals surface area contributed by atoms with Crippen LogP contribution in [0.25, 0.3) is 0 Å². The van der Waals surface area contributed by atoms with Crippen molar-refractivity contribution in [3.8, 4) is 5.75 Å². The number of carbonyl (C=O) groups excluding carboxylic acids is 5. The van der Waals surface area contributed by atoms with Crippen molar-refractivity contribution in [2.75, 3.05) is 0 Å². The maximum absolute atomic E-state index is 13.0. The number of nitroso groups, excluding NO2 is 1. The van der Waals surface area contributed by atoms with Crippen LogP contribution in [0.1, 0.15) is 48.0 Å². The minimum Gasteiger partial charge on any atom is -0.502 e.